The molecule has 1 rings (SSSR count). The van der Waals surface area contributed by atoms with E-state index >= 15 is 0 Å². The molecule has 0 aliphatic rings. The number of thioether (sulfide) groups is 1. The second kappa shape index (κ2) is 8.14. The second-order valence-electron chi connectivity index (χ2n) is 4.76. The Morgan fingerprint density at radius 1 is 1.45 bits per heavy atom. The number of aliphatic hydroxyl groups is 1. The fourth-order valence-electron chi connectivity index (χ4n) is 1.72. The molecule has 1 aromatic rings. The molecular formula is C14H21NO4S. The van der Waals surface area contributed by atoms with Gasteiger partial charge < -0.3 is 20.3 Å². The van der Waals surface area contributed by atoms with Crippen LogP contribution >= 0.6 is 11.8 Å². The molecule has 1 atom stereocenters. The number of nitrogens with one attached hydrogen (secondary N) is 1. The largest absolute Gasteiger partial charge is 0.491 e. The minimum atomic E-state index is -1.00. The van der Waals surface area contributed by atoms with Crippen molar-refractivity contribution >= 4 is 17.7 Å². The standard InChI is InChI=1S/C14H21NO4S/c1-14(18,10-20-2)9-15-7-8-19-12-6-4-3-5-11(12)13(16)17/h3-6,15,18H,7-10H2,1-2H3,(H,16,17). The van der Waals surface area contributed by atoms with Gasteiger partial charge in [-0.3, -0.25) is 0 Å². The van der Waals surface area contributed by atoms with Crippen molar-refractivity contribution in [3.63, 3.8) is 0 Å². The maximum atomic E-state index is 11.0. The summed E-state index contributed by atoms with van der Waals surface area (Å²) in [5.41, 5.74) is -0.597. The van der Waals surface area contributed by atoms with Gasteiger partial charge in [-0.05, 0) is 25.3 Å². The van der Waals surface area contributed by atoms with Crippen LogP contribution in [-0.4, -0.2) is 53.5 Å². The van der Waals surface area contributed by atoms with Crippen LogP contribution < -0.4 is 10.1 Å². The first-order valence-corrected chi connectivity index (χ1v) is 7.73. The number of para-hydroxylation sites is 1. The molecular weight excluding hydrogens is 278 g/mol. The van der Waals surface area contributed by atoms with Crippen LogP contribution in [0.2, 0.25) is 0 Å². The van der Waals surface area contributed by atoms with E-state index in [1.54, 1.807) is 36.9 Å². The zero-order chi connectivity index (χ0) is 15.0. The Kier molecular flexibility index (Phi) is 6.84. The van der Waals surface area contributed by atoms with Crippen LogP contribution in [0.3, 0.4) is 0 Å². The molecule has 0 spiro atoms. The van der Waals surface area contributed by atoms with Gasteiger partial charge in [0.15, 0.2) is 0 Å². The fraction of sp³-hybridized carbons (Fsp3) is 0.500. The number of hydrogen-bond donors (Lipinski definition) is 3. The average Bonchev–Trinajstić information content (AvgIpc) is 2.38. The second-order valence-corrected chi connectivity index (χ2v) is 5.62. The molecule has 0 aliphatic heterocycles. The molecule has 6 heteroatoms. The molecule has 0 fully saturated rings. The highest BCUT2D eigenvalue weighted by Crippen LogP contribution is 2.17. The topological polar surface area (TPSA) is 78.8 Å². The van der Waals surface area contributed by atoms with Gasteiger partial charge in [0.05, 0.1) is 5.60 Å². The number of hydrogen-bond acceptors (Lipinski definition) is 5. The van der Waals surface area contributed by atoms with E-state index in [2.05, 4.69) is 5.32 Å². The molecule has 0 amide bonds. The van der Waals surface area contributed by atoms with E-state index in [1.807, 2.05) is 6.26 Å². The normalized spacial score (nSPS) is 13.8. The first kappa shape index (κ1) is 16.8. The number of carbonyl (C=O) groups is 1. The van der Waals surface area contributed by atoms with Gasteiger partial charge in [0.1, 0.15) is 17.9 Å². The first-order valence-electron chi connectivity index (χ1n) is 6.33. The minimum Gasteiger partial charge on any atom is -0.491 e. The number of aromatic carboxylic acids is 1. The third-order valence-electron chi connectivity index (χ3n) is 2.61. The van der Waals surface area contributed by atoms with E-state index in [1.165, 1.54) is 6.07 Å². The van der Waals surface area contributed by atoms with E-state index in [0.29, 0.717) is 31.2 Å². The monoisotopic (exact) mass is 299 g/mol. The Labute approximate surface area is 123 Å². The molecule has 0 saturated heterocycles. The summed E-state index contributed by atoms with van der Waals surface area (Å²) in [6, 6.07) is 6.54. The van der Waals surface area contributed by atoms with Gasteiger partial charge in [-0.15, -0.1) is 0 Å². The van der Waals surface area contributed by atoms with E-state index < -0.39 is 11.6 Å². The number of ether oxygens (including phenoxy) is 1. The van der Waals surface area contributed by atoms with E-state index in [4.69, 9.17) is 9.84 Å². The van der Waals surface area contributed by atoms with Crippen molar-refractivity contribution in [1.82, 2.24) is 5.32 Å². The van der Waals surface area contributed by atoms with Crippen molar-refractivity contribution < 1.29 is 19.7 Å². The summed E-state index contributed by atoms with van der Waals surface area (Å²) in [5, 5.41) is 22.0. The lowest BCUT2D eigenvalue weighted by Crippen LogP contribution is -2.41. The Balaban J connectivity index is 2.33. The maximum Gasteiger partial charge on any atom is 0.339 e. The predicted octanol–water partition coefficient (Wildman–Crippen LogP) is 1.47. The quantitative estimate of drug-likeness (QED) is 0.599. The van der Waals surface area contributed by atoms with Crippen molar-refractivity contribution in [2.24, 2.45) is 0 Å². The van der Waals surface area contributed by atoms with Gasteiger partial charge in [-0.2, -0.15) is 11.8 Å². The van der Waals surface area contributed by atoms with Gasteiger partial charge in [0.25, 0.3) is 0 Å². The Bertz CT molecular complexity index is 437. The molecule has 1 unspecified atom stereocenters. The fourth-order valence-corrected chi connectivity index (χ4v) is 2.45. The first-order chi connectivity index (χ1) is 9.46. The maximum absolute atomic E-state index is 11.0. The van der Waals surface area contributed by atoms with E-state index in [0.717, 1.165) is 0 Å². The van der Waals surface area contributed by atoms with Crippen molar-refractivity contribution in [3.8, 4) is 5.75 Å². The highest BCUT2D eigenvalue weighted by atomic mass is 32.2. The molecule has 1 aromatic carbocycles. The van der Waals surface area contributed by atoms with Crippen LogP contribution in [0.25, 0.3) is 0 Å². The lowest BCUT2D eigenvalue weighted by molar-refractivity contribution is 0.0692. The molecule has 0 heterocycles. The van der Waals surface area contributed by atoms with E-state index in [9.17, 15) is 9.90 Å². The van der Waals surface area contributed by atoms with Gasteiger partial charge in [0, 0.05) is 18.8 Å². The molecule has 0 aromatic heterocycles. The van der Waals surface area contributed by atoms with Crippen molar-refractivity contribution in [2.75, 3.05) is 31.7 Å². The van der Waals surface area contributed by atoms with Gasteiger partial charge >= 0.3 is 5.97 Å². The number of benzene rings is 1. The minimum absolute atomic E-state index is 0.155. The molecule has 0 aliphatic carbocycles. The summed E-state index contributed by atoms with van der Waals surface area (Å²) in [6.45, 7) is 3.13. The Morgan fingerprint density at radius 3 is 2.80 bits per heavy atom. The van der Waals surface area contributed by atoms with Crippen molar-refractivity contribution in [2.45, 2.75) is 12.5 Å². The molecule has 112 valence electrons. The molecule has 0 radical (unpaired) electrons. The average molecular weight is 299 g/mol. The van der Waals surface area contributed by atoms with Crippen LogP contribution in [-0.2, 0) is 0 Å². The smallest absolute Gasteiger partial charge is 0.339 e. The number of carboxylic acids is 1. The van der Waals surface area contributed by atoms with Crippen LogP contribution in [0.1, 0.15) is 17.3 Å². The van der Waals surface area contributed by atoms with Crippen LogP contribution in [0.5, 0.6) is 5.75 Å². The van der Waals surface area contributed by atoms with Crippen molar-refractivity contribution in [3.05, 3.63) is 29.8 Å². The SMILES string of the molecule is CSCC(C)(O)CNCCOc1ccccc1C(=O)O. The van der Waals surface area contributed by atoms with Gasteiger partial charge in [-0.25, -0.2) is 4.79 Å². The summed E-state index contributed by atoms with van der Waals surface area (Å²) in [4.78, 5) is 11.0. The zero-order valence-electron chi connectivity index (χ0n) is 11.8. The molecule has 3 N–H and O–H groups in total. The summed E-state index contributed by atoms with van der Waals surface area (Å²) in [5.74, 6) is 0.0111. The highest BCUT2D eigenvalue weighted by Gasteiger charge is 2.18. The highest BCUT2D eigenvalue weighted by molar-refractivity contribution is 7.98. The van der Waals surface area contributed by atoms with Gasteiger partial charge in [0.2, 0.25) is 0 Å². The van der Waals surface area contributed by atoms with Crippen LogP contribution in [0, 0.1) is 0 Å². The lowest BCUT2D eigenvalue weighted by Gasteiger charge is -2.22. The number of rotatable bonds is 9. The molecule has 5 nitrogen and oxygen atoms in total. The summed E-state index contributed by atoms with van der Waals surface area (Å²) in [7, 11) is 0. The third-order valence-corrected chi connectivity index (χ3v) is 3.53. The summed E-state index contributed by atoms with van der Waals surface area (Å²) in [6.07, 6.45) is 1.94. The summed E-state index contributed by atoms with van der Waals surface area (Å²) >= 11 is 1.59. The molecule has 20 heavy (non-hydrogen) atoms. The lowest BCUT2D eigenvalue weighted by atomic mass is 10.1. The predicted molar refractivity (Wildman–Crippen MR) is 80.8 cm³/mol. The Morgan fingerprint density at radius 2 is 2.15 bits per heavy atom. The molecule has 0 bridgehead atoms. The molecule has 0 saturated carbocycles. The van der Waals surface area contributed by atoms with Crippen LogP contribution in [0.15, 0.2) is 24.3 Å². The Hall–Kier alpha value is -1.24. The van der Waals surface area contributed by atoms with Crippen molar-refractivity contribution in [1.29, 1.82) is 0 Å². The van der Waals surface area contributed by atoms with E-state index in [-0.39, 0.29) is 5.56 Å². The van der Waals surface area contributed by atoms with Gasteiger partial charge in [-0.1, -0.05) is 12.1 Å². The third kappa shape index (κ3) is 5.81. The number of carboxylic acid groups (broad SMARTS) is 1. The summed E-state index contributed by atoms with van der Waals surface area (Å²) < 4.78 is 5.44. The zero-order valence-corrected chi connectivity index (χ0v) is 12.6. The van der Waals surface area contributed by atoms with Crippen LogP contribution in [0.4, 0.5) is 0 Å².